The average Bonchev–Trinajstić information content (AvgIpc) is 2.54. The van der Waals surface area contributed by atoms with E-state index >= 15 is 0 Å². The second-order valence-electron chi connectivity index (χ2n) is 4.78. The molecule has 0 saturated carbocycles. The lowest BCUT2D eigenvalue weighted by Crippen LogP contribution is -2.27. The lowest BCUT2D eigenvalue weighted by atomic mass is 10.2. The first-order valence-electron chi connectivity index (χ1n) is 6.61. The van der Waals surface area contributed by atoms with Gasteiger partial charge >= 0.3 is 5.51 Å². The number of hydrogen-bond donors (Lipinski definition) is 1. The molecule has 1 aromatic heterocycles. The van der Waals surface area contributed by atoms with Crippen molar-refractivity contribution < 1.29 is 27.4 Å². The molecule has 132 valence electrons. The summed E-state index contributed by atoms with van der Waals surface area (Å²) in [5, 5.41) is 12.2. The third-order valence-corrected chi connectivity index (χ3v) is 4.16. The second-order valence-corrected chi connectivity index (χ2v) is 6.17. The van der Waals surface area contributed by atoms with Crippen LogP contribution < -0.4 is 5.32 Å². The van der Waals surface area contributed by atoms with Crippen LogP contribution in [0, 0.1) is 17.0 Å². The zero-order valence-electron chi connectivity index (χ0n) is 12.5. The summed E-state index contributed by atoms with van der Waals surface area (Å²) in [6, 6.07) is 6.06. The molecule has 1 atom stereocenters. The summed E-state index contributed by atoms with van der Waals surface area (Å²) >= 11 is -3.49. The monoisotopic (exact) mass is 373 g/mol. The van der Waals surface area contributed by atoms with Gasteiger partial charge in [-0.15, -0.1) is 13.2 Å². The Hall–Kier alpha value is -2.66. The Kier molecular flexibility index (Phi) is 5.28. The van der Waals surface area contributed by atoms with Gasteiger partial charge in [-0.25, -0.2) is 4.98 Å². The molecule has 25 heavy (non-hydrogen) atoms. The standard InChI is InChI=1S/C14H10F3N3O4S/c1-8-4-5-9(7-11(8)20(22)23)19-12(21)10-3-2-6-18-13(10)25(24)14(15,16)17/h2-7H,1H3,(H,19,21). The molecule has 1 heterocycles. The summed E-state index contributed by atoms with van der Waals surface area (Å²) in [6.45, 7) is 1.50. The number of carbonyl (C=O) groups is 1. The van der Waals surface area contributed by atoms with E-state index in [-0.39, 0.29) is 11.4 Å². The van der Waals surface area contributed by atoms with Gasteiger partial charge in [0, 0.05) is 23.5 Å². The number of alkyl halides is 3. The molecular weight excluding hydrogens is 363 g/mol. The average molecular weight is 373 g/mol. The number of carbonyl (C=O) groups excluding carboxylic acids is 1. The van der Waals surface area contributed by atoms with Crippen LogP contribution in [0.2, 0.25) is 0 Å². The molecule has 0 saturated heterocycles. The zero-order valence-corrected chi connectivity index (χ0v) is 13.4. The van der Waals surface area contributed by atoms with Gasteiger partial charge in [0.25, 0.3) is 16.6 Å². The number of rotatable bonds is 4. The summed E-state index contributed by atoms with van der Waals surface area (Å²) in [4.78, 5) is 25.8. The van der Waals surface area contributed by atoms with Crippen LogP contribution in [0.4, 0.5) is 24.5 Å². The van der Waals surface area contributed by atoms with E-state index < -0.39 is 38.1 Å². The lowest BCUT2D eigenvalue weighted by Gasteiger charge is -2.14. The lowest BCUT2D eigenvalue weighted by molar-refractivity contribution is -0.385. The second kappa shape index (κ2) is 7.07. The molecule has 7 nitrogen and oxygen atoms in total. The van der Waals surface area contributed by atoms with E-state index in [0.29, 0.717) is 5.56 Å². The molecule has 1 aromatic carbocycles. The number of anilines is 1. The highest BCUT2D eigenvalue weighted by atomic mass is 32.2. The van der Waals surface area contributed by atoms with Crippen molar-refractivity contribution in [1.82, 2.24) is 4.98 Å². The minimum atomic E-state index is -5.08. The molecule has 0 aliphatic heterocycles. The molecule has 1 N–H and O–H groups in total. The topological polar surface area (TPSA) is 108 Å². The highest BCUT2D eigenvalue weighted by molar-refractivity contribution is 7.92. The summed E-state index contributed by atoms with van der Waals surface area (Å²) in [5.41, 5.74) is -5.52. The molecule has 2 rings (SSSR count). The zero-order chi connectivity index (χ0) is 18.8. The van der Waals surface area contributed by atoms with Crippen LogP contribution in [-0.4, -0.2) is 25.9 Å². The Morgan fingerprint density at radius 2 is 2.00 bits per heavy atom. The first kappa shape index (κ1) is 18.7. The van der Waals surface area contributed by atoms with Crippen molar-refractivity contribution in [3.8, 4) is 0 Å². The summed E-state index contributed by atoms with van der Waals surface area (Å²) in [7, 11) is 0. The summed E-state index contributed by atoms with van der Waals surface area (Å²) in [6.07, 6.45) is 0.979. The number of nitro groups is 1. The predicted molar refractivity (Wildman–Crippen MR) is 82.5 cm³/mol. The van der Waals surface area contributed by atoms with E-state index in [4.69, 9.17) is 0 Å². The van der Waals surface area contributed by atoms with Crippen molar-refractivity contribution in [2.45, 2.75) is 17.5 Å². The van der Waals surface area contributed by atoms with Crippen LogP contribution in [0.1, 0.15) is 15.9 Å². The number of halogens is 3. The van der Waals surface area contributed by atoms with Gasteiger partial charge in [0.1, 0.15) is 16.7 Å². The van der Waals surface area contributed by atoms with Crippen molar-refractivity contribution in [2.75, 3.05) is 5.32 Å². The summed E-state index contributed by atoms with van der Waals surface area (Å²) < 4.78 is 49.4. The van der Waals surface area contributed by atoms with E-state index in [2.05, 4.69) is 10.3 Å². The van der Waals surface area contributed by atoms with E-state index in [0.717, 1.165) is 18.3 Å². The minimum absolute atomic E-state index is 0.00916. The number of hydrogen-bond acceptors (Lipinski definition) is 5. The molecule has 1 amide bonds. The van der Waals surface area contributed by atoms with Crippen LogP contribution in [-0.2, 0) is 11.2 Å². The number of nitrogens with one attached hydrogen (secondary N) is 1. The Balaban J connectivity index is 2.34. The van der Waals surface area contributed by atoms with E-state index in [1.165, 1.54) is 25.1 Å². The molecule has 0 fully saturated rings. The highest BCUT2D eigenvalue weighted by Crippen LogP contribution is 2.31. The number of benzene rings is 1. The van der Waals surface area contributed by atoms with Gasteiger partial charge in [0.05, 0.1) is 4.92 Å². The fraction of sp³-hybridized carbons (Fsp3) is 0.143. The Labute approximate surface area is 142 Å². The minimum Gasteiger partial charge on any atom is -0.603 e. The van der Waals surface area contributed by atoms with Crippen LogP contribution in [0.25, 0.3) is 0 Å². The van der Waals surface area contributed by atoms with Crippen molar-refractivity contribution in [3.05, 3.63) is 57.8 Å². The first-order chi connectivity index (χ1) is 11.6. The van der Waals surface area contributed by atoms with Gasteiger partial charge in [-0.3, -0.25) is 14.9 Å². The van der Waals surface area contributed by atoms with Crippen LogP contribution >= 0.6 is 0 Å². The predicted octanol–water partition coefficient (Wildman–Crippen LogP) is 3.18. The summed E-state index contributed by atoms with van der Waals surface area (Å²) in [5.74, 6) is -1.01. The van der Waals surface area contributed by atoms with Gasteiger partial charge in [-0.05, 0) is 25.1 Å². The number of aromatic nitrogens is 1. The molecule has 11 heteroatoms. The molecule has 1 unspecified atom stereocenters. The Morgan fingerprint density at radius 3 is 2.60 bits per heavy atom. The maximum absolute atomic E-state index is 12.6. The normalized spacial score (nSPS) is 12.5. The number of nitro benzene ring substituents is 1. The molecule has 0 spiro atoms. The third-order valence-electron chi connectivity index (χ3n) is 3.07. The largest absolute Gasteiger partial charge is 0.603 e. The van der Waals surface area contributed by atoms with Gasteiger partial charge in [-0.2, -0.15) is 0 Å². The molecule has 0 aliphatic rings. The number of aryl methyl sites for hydroxylation is 1. The Bertz CT molecular complexity index is 829. The van der Waals surface area contributed by atoms with Crippen LogP contribution in [0.5, 0.6) is 0 Å². The molecular formula is C14H10F3N3O4S. The molecule has 0 radical (unpaired) electrons. The van der Waals surface area contributed by atoms with Gasteiger partial charge in [0.2, 0.25) is 0 Å². The van der Waals surface area contributed by atoms with Crippen LogP contribution in [0.3, 0.4) is 0 Å². The first-order valence-corrected chi connectivity index (χ1v) is 7.76. The quantitative estimate of drug-likeness (QED) is 0.503. The number of amides is 1. The van der Waals surface area contributed by atoms with E-state index in [1.54, 1.807) is 0 Å². The molecule has 0 aliphatic carbocycles. The Morgan fingerprint density at radius 1 is 1.32 bits per heavy atom. The maximum atomic E-state index is 12.6. The number of nitrogens with zero attached hydrogens (tertiary/aromatic N) is 2. The molecule has 0 bridgehead atoms. The smallest absolute Gasteiger partial charge is 0.579 e. The van der Waals surface area contributed by atoms with Gasteiger partial charge in [0.15, 0.2) is 0 Å². The third kappa shape index (κ3) is 4.25. The van der Waals surface area contributed by atoms with Crippen LogP contribution in [0.15, 0.2) is 41.6 Å². The van der Waals surface area contributed by atoms with Crippen molar-refractivity contribution in [1.29, 1.82) is 0 Å². The highest BCUT2D eigenvalue weighted by Gasteiger charge is 2.48. The molecule has 2 aromatic rings. The fourth-order valence-electron chi connectivity index (χ4n) is 1.90. The maximum Gasteiger partial charge on any atom is 0.579 e. The van der Waals surface area contributed by atoms with Crippen molar-refractivity contribution in [2.24, 2.45) is 0 Å². The van der Waals surface area contributed by atoms with Crippen molar-refractivity contribution >= 4 is 28.5 Å². The van der Waals surface area contributed by atoms with E-state index in [9.17, 15) is 32.6 Å². The number of pyridine rings is 1. The van der Waals surface area contributed by atoms with Gasteiger partial charge in [-0.1, -0.05) is 6.07 Å². The SMILES string of the molecule is Cc1ccc(NC(=O)c2cccnc2[S+]([O-])C(F)(F)F)cc1[N+](=O)[O-]. The van der Waals surface area contributed by atoms with Crippen molar-refractivity contribution in [3.63, 3.8) is 0 Å². The fourth-order valence-corrected chi connectivity index (χ4v) is 2.64. The van der Waals surface area contributed by atoms with Gasteiger partial charge < -0.3 is 9.87 Å². The van der Waals surface area contributed by atoms with E-state index in [1.807, 2.05) is 0 Å².